The molecule has 0 spiro atoms. The van der Waals surface area contributed by atoms with Crippen LogP contribution in [0.15, 0.2) is 18.2 Å². The van der Waals surface area contributed by atoms with Gasteiger partial charge in [-0.2, -0.15) is 0 Å². The maximum absolute atomic E-state index is 13.9. The van der Waals surface area contributed by atoms with E-state index in [0.29, 0.717) is 13.1 Å². The van der Waals surface area contributed by atoms with Crippen LogP contribution in [0.4, 0.5) is 0 Å². The lowest BCUT2D eigenvalue weighted by atomic mass is 9.72. The molecule has 2 aromatic rings. The van der Waals surface area contributed by atoms with Gasteiger partial charge in [-0.15, -0.1) is 0 Å². The van der Waals surface area contributed by atoms with Gasteiger partial charge in [-0.3, -0.25) is 19.3 Å². The quantitative estimate of drug-likeness (QED) is 0.295. The number of ketones is 3. The molecule has 12 nitrogen and oxygen atoms in total. The summed E-state index contributed by atoms with van der Waals surface area (Å²) in [6.07, 6.45) is -2.29. The Morgan fingerprint density at radius 2 is 1.73 bits per heavy atom. The van der Waals surface area contributed by atoms with Crippen molar-refractivity contribution in [2.75, 3.05) is 27.3 Å². The fourth-order valence-corrected chi connectivity index (χ4v) is 7.41. The van der Waals surface area contributed by atoms with Crippen molar-refractivity contribution in [1.29, 1.82) is 0 Å². The molecule has 2 saturated heterocycles. The van der Waals surface area contributed by atoms with Gasteiger partial charge in [0.1, 0.15) is 22.8 Å². The van der Waals surface area contributed by atoms with E-state index in [-0.39, 0.29) is 53.0 Å². The van der Waals surface area contributed by atoms with E-state index < -0.39 is 76.6 Å². The lowest BCUT2D eigenvalue weighted by molar-refractivity contribution is -0.259. The topological polar surface area (TPSA) is 172 Å². The Morgan fingerprint density at radius 1 is 1.04 bits per heavy atom. The van der Waals surface area contributed by atoms with Crippen molar-refractivity contribution in [2.24, 2.45) is 0 Å². The van der Waals surface area contributed by atoms with E-state index in [4.69, 9.17) is 18.9 Å². The predicted molar refractivity (Wildman–Crippen MR) is 158 cm³/mol. The average molecular weight is 626 g/mol. The summed E-state index contributed by atoms with van der Waals surface area (Å²) >= 11 is 0. The maximum Gasteiger partial charge on any atom is 0.202 e. The van der Waals surface area contributed by atoms with Crippen LogP contribution in [0.25, 0.3) is 0 Å². The molecular formula is C33H39NO11. The summed E-state index contributed by atoms with van der Waals surface area (Å²) in [6, 6.07) is 4.17. The molecule has 2 fully saturated rings. The average Bonchev–Trinajstić information content (AvgIpc) is 3.02. The SMILES string of the molecule is COc1cccc2c1C(=O)c1c(O)c3c(c(O)c1C2=O)C[C@@](O)(C(C)=O)C[C@@H]3OC1CC(N2CCC(OC)CC2)C(O)C(C)O1. The van der Waals surface area contributed by atoms with Gasteiger partial charge in [-0.25, -0.2) is 0 Å². The molecule has 6 atom stereocenters. The number of aliphatic hydroxyl groups excluding tert-OH is 1. The van der Waals surface area contributed by atoms with Crippen LogP contribution in [0.5, 0.6) is 17.2 Å². The molecular weight excluding hydrogens is 586 g/mol. The number of aromatic hydroxyl groups is 2. The number of ether oxygens (including phenoxy) is 4. The highest BCUT2D eigenvalue weighted by Gasteiger charge is 2.50. The predicted octanol–water partition coefficient (Wildman–Crippen LogP) is 2.18. The number of fused-ring (bicyclic) bond motifs is 3. The van der Waals surface area contributed by atoms with Crippen LogP contribution in [-0.4, -0.2) is 106 Å². The Bertz CT molecular complexity index is 1550. The minimum absolute atomic E-state index is 0.00323. The number of hydrogen-bond donors (Lipinski definition) is 4. The molecule has 0 saturated carbocycles. The number of aliphatic hydroxyl groups is 2. The largest absolute Gasteiger partial charge is 0.507 e. The Labute approximate surface area is 260 Å². The zero-order chi connectivity index (χ0) is 32.4. The second-order valence-electron chi connectivity index (χ2n) is 12.5. The third-order valence-electron chi connectivity index (χ3n) is 10.0. The van der Waals surface area contributed by atoms with Crippen molar-refractivity contribution in [3.8, 4) is 17.2 Å². The van der Waals surface area contributed by atoms with Crippen LogP contribution >= 0.6 is 0 Å². The van der Waals surface area contributed by atoms with E-state index in [1.165, 1.54) is 32.2 Å². The van der Waals surface area contributed by atoms with Crippen molar-refractivity contribution < 1.29 is 53.8 Å². The highest BCUT2D eigenvalue weighted by atomic mass is 16.7. The van der Waals surface area contributed by atoms with Crippen LogP contribution in [0.3, 0.4) is 0 Å². The third kappa shape index (κ3) is 5.13. The van der Waals surface area contributed by atoms with E-state index in [2.05, 4.69) is 4.90 Å². The number of Topliss-reactive ketones (excluding diaryl/α,β-unsaturated/α-hetero) is 1. The van der Waals surface area contributed by atoms with Crippen molar-refractivity contribution in [1.82, 2.24) is 4.90 Å². The van der Waals surface area contributed by atoms with Crippen molar-refractivity contribution in [3.05, 3.63) is 51.6 Å². The monoisotopic (exact) mass is 625 g/mol. The summed E-state index contributed by atoms with van der Waals surface area (Å²) in [6.45, 7) is 4.35. The number of piperidine rings is 1. The molecule has 2 aliphatic heterocycles. The number of carbonyl (C=O) groups is 3. The van der Waals surface area contributed by atoms with Crippen LogP contribution in [0, 0.1) is 0 Å². The molecule has 2 aromatic carbocycles. The molecule has 12 heteroatoms. The van der Waals surface area contributed by atoms with Gasteiger partial charge in [-0.05, 0) is 32.8 Å². The Balaban J connectivity index is 1.40. The van der Waals surface area contributed by atoms with Crippen molar-refractivity contribution in [3.63, 3.8) is 0 Å². The number of methoxy groups -OCH3 is 2. The standard InChI is InChI=1S/C33H39NO11/c1-15-28(36)20(34-10-8-17(42-3)9-11-34)12-23(44-15)45-22-14-33(41,16(2)35)13-19-25(22)32(40)27-26(30(19)38)29(37)18-6-5-7-21(43-4)24(18)31(27)39/h5-7,15,17,20,22-23,28,36,38,40-41H,8-14H2,1-4H3/t15?,20?,22-,23?,28?,33-/m0/s1. The molecule has 4 N–H and O–H groups in total. The van der Waals surface area contributed by atoms with E-state index in [0.717, 1.165) is 12.8 Å². The highest BCUT2D eigenvalue weighted by Crippen LogP contribution is 2.52. The first-order chi connectivity index (χ1) is 21.4. The fourth-order valence-electron chi connectivity index (χ4n) is 7.41. The molecule has 0 radical (unpaired) electrons. The lowest BCUT2D eigenvalue weighted by Gasteiger charge is -2.46. The Hall–Kier alpha value is -3.39. The summed E-state index contributed by atoms with van der Waals surface area (Å²) in [7, 11) is 3.04. The van der Waals surface area contributed by atoms with Gasteiger partial charge in [0.2, 0.25) is 5.78 Å². The van der Waals surface area contributed by atoms with E-state index in [9.17, 15) is 34.8 Å². The minimum atomic E-state index is -2.00. The van der Waals surface area contributed by atoms with Crippen LogP contribution in [0.2, 0.25) is 0 Å². The molecule has 0 aromatic heterocycles. The molecule has 242 valence electrons. The van der Waals surface area contributed by atoms with Gasteiger partial charge in [-0.1, -0.05) is 12.1 Å². The van der Waals surface area contributed by atoms with E-state index in [1.54, 1.807) is 14.0 Å². The summed E-state index contributed by atoms with van der Waals surface area (Å²) in [4.78, 5) is 42.4. The molecule has 2 heterocycles. The number of benzene rings is 2. The summed E-state index contributed by atoms with van der Waals surface area (Å²) < 4.78 is 23.3. The lowest BCUT2D eigenvalue weighted by Crippen LogP contribution is -2.57. The molecule has 2 aliphatic carbocycles. The van der Waals surface area contributed by atoms with Crippen LogP contribution < -0.4 is 4.74 Å². The number of rotatable bonds is 6. The van der Waals surface area contributed by atoms with Crippen LogP contribution in [-0.2, 0) is 25.4 Å². The first kappa shape index (κ1) is 31.6. The van der Waals surface area contributed by atoms with Crippen molar-refractivity contribution in [2.45, 2.75) is 88.3 Å². The zero-order valence-electron chi connectivity index (χ0n) is 25.7. The summed E-state index contributed by atoms with van der Waals surface area (Å²) in [5, 5.41) is 45.8. The van der Waals surface area contributed by atoms with Gasteiger partial charge in [0.15, 0.2) is 17.9 Å². The van der Waals surface area contributed by atoms with Gasteiger partial charge < -0.3 is 39.4 Å². The normalized spacial score (nSPS) is 30.4. The Kier molecular flexibility index (Phi) is 8.25. The smallest absolute Gasteiger partial charge is 0.202 e. The Morgan fingerprint density at radius 3 is 2.38 bits per heavy atom. The summed E-state index contributed by atoms with van der Waals surface area (Å²) in [5.74, 6) is -3.07. The van der Waals surface area contributed by atoms with E-state index in [1.807, 2.05) is 0 Å². The first-order valence-corrected chi connectivity index (χ1v) is 15.3. The number of phenols is 2. The number of carbonyl (C=O) groups excluding carboxylic acids is 3. The first-order valence-electron chi connectivity index (χ1n) is 15.3. The molecule has 4 aliphatic rings. The summed E-state index contributed by atoms with van der Waals surface area (Å²) in [5.41, 5.74) is -2.92. The van der Waals surface area contributed by atoms with Gasteiger partial charge >= 0.3 is 0 Å². The second-order valence-corrected chi connectivity index (χ2v) is 12.5. The fraction of sp³-hybridized carbons (Fsp3) is 0.545. The number of likely N-dealkylation sites (tertiary alicyclic amines) is 1. The van der Waals surface area contributed by atoms with Gasteiger partial charge in [0.05, 0.1) is 48.2 Å². The van der Waals surface area contributed by atoms with Gasteiger partial charge in [0.25, 0.3) is 0 Å². The third-order valence-corrected chi connectivity index (χ3v) is 10.0. The maximum atomic E-state index is 13.9. The molecule has 45 heavy (non-hydrogen) atoms. The molecule has 0 amide bonds. The number of phenolic OH excluding ortho intramolecular Hbond substituents is 2. The molecule has 6 rings (SSSR count). The second kappa shape index (κ2) is 11.8. The molecule has 0 bridgehead atoms. The van der Waals surface area contributed by atoms with Crippen LogP contribution in [0.1, 0.15) is 88.6 Å². The van der Waals surface area contributed by atoms with E-state index >= 15 is 0 Å². The minimum Gasteiger partial charge on any atom is -0.507 e. The number of hydrogen-bond acceptors (Lipinski definition) is 12. The highest BCUT2D eigenvalue weighted by molar-refractivity contribution is 6.31. The molecule has 4 unspecified atom stereocenters. The number of nitrogens with zero attached hydrogens (tertiary/aromatic N) is 1. The van der Waals surface area contributed by atoms with Crippen molar-refractivity contribution >= 4 is 17.3 Å². The zero-order valence-corrected chi connectivity index (χ0v) is 25.7. The van der Waals surface area contributed by atoms with Gasteiger partial charge in [0, 0.05) is 62.2 Å².